The van der Waals surface area contributed by atoms with Gasteiger partial charge in [-0.15, -0.1) is 0 Å². The number of ketones is 1. The van der Waals surface area contributed by atoms with E-state index < -0.39 is 0 Å². The van der Waals surface area contributed by atoms with Crippen molar-refractivity contribution in [3.8, 4) is 0 Å². The van der Waals surface area contributed by atoms with Gasteiger partial charge in [0.05, 0.1) is 0 Å². The Balaban J connectivity index is 2.06. The summed E-state index contributed by atoms with van der Waals surface area (Å²) in [6, 6.07) is 3.88. The molecule has 0 bridgehead atoms. The molecular formula is C11H14N2OSe. The molecule has 15 heavy (non-hydrogen) atoms. The summed E-state index contributed by atoms with van der Waals surface area (Å²) in [5, 5.41) is 0. The van der Waals surface area contributed by atoms with E-state index in [2.05, 4.69) is 14.7 Å². The molecule has 0 amide bonds. The van der Waals surface area contributed by atoms with Gasteiger partial charge < -0.3 is 0 Å². The van der Waals surface area contributed by atoms with Gasteiger partial charge in [-0.2, -0.15) is 0 Å². The van der Waals surface area contributed by atoms with Gasteiger partial charge in [0.1, 0.15) is 0 Å². The van der Waals surface area contributed by atoms with Crippen molar-refractivity contribution in [3.05, 3.63) is 33.9 Å². The van der Waals surface area contributed by atoms with E-state index in [-0.39, 0.29) is 26.3 Å². The predicted octanol–water partition coefficient (Wildman–Crippen LogP) is 0.991. The van der Waals surface area contributed by atoms with Crippen LogP contribution in [0.25, 0.3) is 0 Å². The van der Waals surface area contributed by atoms with E-state index in [1.165, 1.54) is 0 Å². The van der Waals surface area contributed by atoms with Gasteiger partial charge in [0.15, 0.2) is 0 Å². The van der Waals surface area contributed by atoms with Crippen LogP contribution in [-0.2, 0) is 0 Å². The van der Waals surface area contributed by atoms with E-state index in [1.807, 2.05) is 38.5 Å². The molecule has 0 N–H and O–H groups in total. The number of nitrogens with zero attached hydrogens (tertiary/aromatic N) is 2. The first-order valence-corrected chi connectivity index (χ1v) is 6.75. The van der Waals surface area contributed by atoms with Crippen LogP contribution in [0.3, 0.4) is 0 Å². The van der Waals surface area contributed by atoms with Crippen LogP contribution in [0.4, 0.5) is 0 Å². The quantitative estimate of drug-likeness (QED) is 0.604. The van der Waals surface area contributed by atoms with Crippen molar-refractivity contribution < 1.29 is 4.79 Å². The molecule has 1 aliphatic rings. The van der Waals surface area contributed by atoms with Gasteiger partial charge in [0.2, 0.25) is 0 Å². The molecule has 80 valence electrons. The van der Waals surface area contributed by atoms with Crippen molar-refractivity contribution in [1.82, 2.24) is 9.80 Å². The second-order valence-electron chi connectivity index (χ2n) is 3.73. The topological polar surface area (TPSA) is 23.6 Å². The maximum atomic E-state index is 12.1. The van der Waals surface area contributed by atoms with Gasteiger partial charge >= 0.3 is 95.5 Å². The Morgan fingerprint density at radius 2 is 2.33 bits per heavy atom. The predicted molar refractivity (Wildman–Crippen MR) is 60.8 cm³/mol. The van der Waals surface area contributed by atoms with E-state index >= 15 is 0 Å². The molecule has 2 rings (SSSR count). The van der Waals surface area contributed by atoms with Crippen LogP contribution >= 0.6 is 0 Å². The number of hydrogen-bond donors (Lipinski definition) is 0. The number of carbonyl (C=O) groups excluding carboxylic acids is 1. The third-order valence-corrected chi connectivity index (χ3v) is 4.40. The monoisotopic (exact) mass is 270 g/mol. The standard InChI is InChI=1S/C11H14N2OSe/c1-9(13-6-5-12(2)8-13)11(14)10-4-3-7-15-10/h3-7,9H,8H2,1-2H3. The fourth-order valence-corrected chi connectivity index (χ4v) is 3.15. The summed E-state index contributed by atoms with van der Waals surface area (Å²) in [6.45, 7) is 2.78. The first kappa shape index (κ1) is 10.5. The molecule has 0 aromatic carbocycles. The molecule has 0 aliphatic carbocycles. The van der Waals surface area contributed by atoms with Gasteiger partial charge in [0, 0.05) is 0 Å². The van der Waals surface area contributed by atoms with Crippen molar-refractivity contribution in [1.29, 1.82) is 0 Å². The fraction of sp³-hybridized carbons (Fsp3) is 0.364. The van der Waals surface area contributed by atoms with E-state index in [9.17, 15) is 4.79 Å². The Labute approximate surface area is 95.7 Å². The SMILES string of the molecule is CC(C(=O)c1ccc[se]1)N1C=CN(C)C1. The van der Waals surface area contributed by atoms with Gasteiger partial charge in [-0.25, -0.2) is 0 Å². The molecule has 0 saturated carbocycles. The summed E-state index contributed by atoms with van der Waals surface area (Å²) in [4.78, 5) is 18.3. The third-order valence-electron chi connectivity index (χ3n) is 2.54. The molecule has 1 aromatic heterocycles. The van der Waals surface area contributed by atoms with Crippen molar-refractivity contribution in [2.24, 2.45) is 0 Å². The molecular weight excluding hydrogens is 255 g/mol. The Hall–Kier alpha value is -0.991. The molecule has 2 heterocycles. The molecule has 3 nitrogen and oxygen atoms in total. The van der Waals surface area contributed by atoms with Crippen molar-refractivity contribution >= 4 is 20.3 Å². The molecule has 0 saturated heterocycles. The van der Waals surface area contributed by atoms with Crippen LogP contribution in [-0.4, -0.2) is 49.8 Å². The Morgan fingerprint density at radius 1 is 1.53 bits per heavy atom. The maximum absolute atomic E-state index is 12.1. The van der Waals surface area contributed by atoms with E-state index in [4.69, 9.17) is 0 Å². The van der Waals surface area contributed by atoms with Gasteiger partial charge in [-0.05, 0) is 0 Å². The molecule has 0 radical (unpaired) electrons. The molecule has 4 heteroatoms. The average Bonchev–Trinajstić information content (AvgIpc) is 2.85. The molecule has 1 unspecified atom stereocenters. The second-order valence-corrected chi connectivity index (χ2v) is 5.72. The van der Waals surface area contributed by atoms with Crippen molar-refractivity contribution in [2.75, 3.05) is 13.7 Å². The van der Waals surface area contributed by atoms with Crippen LogP contribution < -0.4 is 0 Å². The van der Waals surface area contributed by atoms with E-state index in [1.54, 1.807) is 0 Å². The Kier molecular flexibility index (Phi) is 2.98. The van der Waals surface area contributed by atoms with E-state index in [0.717, 1.165) is 11.1 Å². The zero-order valence-corrected chi connectivity index (χ0v) is 10.6. The molecule has 0 fully saturated rings. The Bertz CT molecular complexity index is 372. The van der Waals surface area contributed by atoms with Crippen LogP contribution in [0.2, 0.25) is 0 Å². The zero-order chi connectivity index (χ0) is 10.8. The summed E-state index contributed by atoms with van der Waals surface area (Å²) >= 11 is 0.251. The average molecular weight is 269 g/mol. The van der Waals surface area contributed by atoms with Gasteiger partial charge in [-0.1, -0.05) is 0 Å². The molecule has 1 aliphatic heterocycles. The van der Waals surface area contributed by atoms with Gasteiger partial charge in [0.25, 0.3) is 0 Å². The number of hydrogen-bond acceptors (Lipinski definition) is 3. The number of rotatable bonds is 3. The summed E-state index contributed by atoms with van der Waals surface area (Å²) in [6.07, 6.45) is 3.98. The van der Waals surface area contributed by atoms with Crippen LogP contribution in [0.5, 0.6) is 0 Å². The first-order valence-electron chi connectivity index (χ1n) is 4.90. The first-order chi connectivity index (χ1) is 7.18. The molecule has 1 aromatic rings. The minimum atomic E-state index is -0.0424. The normalized spacial score (nSPS) is 17.2. The zero-order valence-electron chi connectivity index (χ0n) is 8.88. The number of Topliss-reactive ketones (excluding diaryl/α,β-unsaturated/α-hetero) is 1. The third kappa shape index (κ3) is 2.16. The Morgan fingerprint density at radius 3 is 2.87 bits per heavy atom. The fourth-order valence-electron chi connectivity index (χ4n) is 1.58. The summed E-state index contributed by atoms with van der Waals surface area (Å²) in [5.74, 6) is 0.264. The summed E-state index contributed by atoms with van der Waals surface area (Å²) in [7, 11) is 2.01. The summed E-state index contributed by atoms with van der Waals surface area (Å²) < 4.78 is 0.984. The molecule has 1 atom stereocenters. The van der Waals surface area contributed by atoms with Crippen LogP contribution in [0, 0.1) is 0 Å². The summed E-state index contributed by atoms with van der Waals surface area (Å²) in [5.41, 5.74) is 0. The van der Waals surface area contributed by atoms with Crippen LogP contribution in [0.15, 0.2) is 29.5 Å². The van der Waals surface area contributed by atoms with Crippen LogP contribution in [0.1, 0.15) is 16.2 Å². The second kappa shape index (κ2) is 4.25. The molecule has 0 spiro atoms. The minimum absolute atomic E-state index is 0.0424. The van der Waals surface area contributed by atoms with Crippen molar-refractivity contribution in [3.63, 3.8) is 0 Å². The van der Waals surface area contributed by atoms with E-state index in [0.29, 0.717) is 0 Å². The van der Waals surface area contributed by atoms with Crippen molar-refractivity contribution in [2.45, 2.75) is 13.0 Å². The van der Waals surface area contributed by atoms with Gasteiger partial charge in [-0.3, -0.25) is 0 Å². The number of carbonyl (C=O) groups is 1.